The summed E-state index contributed by atoms with van der Waals surface area (Å²) in [4.78, 5) is 60.3. The Morgan fingerprint density at radius 1 is 1.19 bits per heavy atom. The van der Waals surface area contributed by atoms with E-state index >= 15 is 0 Å². The van der Waals surface area contributed by atoms with Crippen molar-refractivity contribution in [3.8, 4) is 0 Å². The molecule has 1 aromatic rings. The minimum Gasteiger partial charge on any atom is -0.384 e. The van der Waals surface area contributed by atoms with Gasteiger partial charge in [0.2, 0.25) is 6.23 Å². The molecule has 0 radical (unpaired) electrons. The highest BCUT2D eigenvalue weighted by atomic mass is 35.5. The van der Waals surface area contributed by atoms with E-state index < -0.39 is 71.0 Å². The second kappa shape index (κ2) is 9.09. The highest BCUT2D eigenvalue weighted by Crippen LogP contribution is 2.66. The van der Waals surface area contributed by atoms with Crippen LogP contribution in [0.5, 0.6) is 0 Å². The molecule has 2 heterocycles. The molecule has 184 valence electrons. The fourth-order valence-electron chi connectivity index (χ4n) is 2.49. The van der Waals surface area contributed by atoms with Gasteiger partial charge in [0.15, 0.2) is 0 Å². The van der Waals surface area contributed by atoms with Gasteiger partial charge >= 0.3 is 29.2 Å². The van der Waals surface area contributed by atoms with Gasteiger partial charge in [0, 0.05) is 12.3 Å². The highest BCUT2D eigenvalue weighted by molar-refractivity contribution is 7.66. The van der Waals surface area contributed by atoms with E-state index in [0.29, 0.717) is 10.8 Å². The number of H-pyrrole nitrogens is 1. The molecule has 2 unspecified atom stereocenters. The van der Waals surface area contributed by atoms with Crippen molar-refractivity contribution in [2.75, 3.05) is 12.5 Å². The molecule has 0 aromatic carbocycles. The van der Waals surface area contributed by atoms with Gasteiger partial charge < -0.3 is 34.5 Å². The summed E-state index contributed by atoms with van der Waals surface area (Å²) >= 11 is 5.62. The van der Waals surface area contributed by atoms with Crippen molar-refractivity contribution in [2.24, 2.45) is 0 Å². The summed E-state index contributed by atoms with van der Waals surface area (Å²) in [6, 6.07) is 0.736. The fourth-order valence-corrected chi connectivity index (χ4v) is 5.85. The first-order chi connectivity index (χ1) is 14.3. The van der Waals surface area contributed by atoms with E-state index in [9.17, 15) is 42.8 Å². The van der Waals surface area contributed by atoms with Crippen LogP contribution in [0.1, 0.15) is 6.23 Å². The number of aromatic nitrogens is 2. The number of phosphoric ester groups is 1. The monoisotopic (exact) mass is 550 g/mol. The zero-order valence-electron chi connectivity index (χ0n) is 15.1. The van der Waals surface area contributed by atoms with Crippen molar-refractivity contribution in [2.45, 2.75) is 23.8 Å². The molecule has 1 aromatic heterocycles. The summed E-state index contributed by atoms with van der Waals surface area (Å²) in [7, 11) is -17.3. The van der Waals surface area contributed by atoms with Crippen LogP contribution in [0, 0.1) is 0 Å². The fraction of sp³-hybridized carbons (Fsp3) is 0.600. The highest BCUT2D eigenvalue weighted by Gasteiger charge is 2.66. The molecule has 17 nitrogen and oxygen atoms in total. The van der Waals surface area contributed by atoms with Crippen molar-refractivity contribution in [3.63, 3.8) is 0 Å². The predicted octanol–water partition coefficient (Wildman–Crippen LogP) is -1.59. The van der Waals surface area contributed by atoms with Gasteiger partial charge in [-0.2, -0.15) is 8.62 Å². The maximum absolute atomic E-state index is 14.9. The average molecular weight is 551 g/mol. The standard InChI is InChI=1S/C10H15ClFN2O15P3/c11-3-9(4-26-31(22,23)29-32(24,25)28-30(19,20)21)6(16)10(12,18)7(27-9)14-2-1-5(15)13-8(14)17/h1-2,6-7,16,18H,3-4H2,(H,22,23)(H,24,25)(H,13,15,17)(H2,19,20,21)/t6-,7-,9-,10-/m1/s1. The third kappa shape index (κ3) is 6.20. The number of rotatable bonds is 9. The van der Waals surface area contributed by atoms with Crippen LogP contribution >= 0.6 is 35.1 Å². The zero-order valence-corrected chi connectivity index (χ0v) is 18.6. The van der Waals surface area contributed by atoms with Crippen molar-refractivity contribution in [3.05, 3.63) is 33.1 Å². The van der Waals surface area contributed by atoms with Gasteiger partial charge in [-0.25, -0.2) is 22.9 Å². The van der Waals surface area contributed by atoms with Crippen LogP contribution in [0.25, 0.3) is 0 Å². The Hall–Kier alpha value is -0.810. The molecule has 0 spiro atoms. The topological polar surface area (TPSA) is 264 Å². The number of phosphoric acid groups is 3. The number of aliphatic hydroxyl groups is 2. The maximum atomic E-state index is 14.9. The zero-order chi connectivity index (χ0) is 24.8. The van der Waals surface area contributed by atoms with Crippen molar-refractivity contribution in [1.82, 2.24) is 9.55 Å². The number of nitrogens with one attached hydrogen (secondary N) is 1. The van der Waals surface area contributed by atoms with E-state index in [1.54, 1.807) is 4.98 Å². The van der Waals surface area contributed by atoms with Crippen LogP contribution < -0.4 is 11.2 Å². The Morgan fingerprint density at radius 3 is 2.28 bits per heavy atom. The summed E-state index contributed by atoms with van der Waals surface area (Å²) in [6.07, 6.45) is -4.36. The third-order valence-electron chi connectivity index (χ3n) is 3.79. The molecular weight excluding hydrogens is 535 g/mol. The molecule has 1 fully saturated rings. The number of alkyl halides is 2. The lowest BCUT2D eigenvalue weighted by Gasteiger charge is -2.30. The number of nitrogens with zero attached hydrogens (tertiary/aromatic N) is 1. The van der Waals surface area contributed by atoms with Gasteiger partial charge in [-0.05, 0) is 0 Å². The quantitative estimate of drug-likeness (QED) is 0.135. The second-order valence-corrected chi connectivity index (χ2v) is 10.9. The molecule has 2 rings (SSSR count). The molecule has 0 amide bonds. The molecule has 0 saturated carbocycles. The first-order valence-electron chi connectivity index (χ1n) is 7.77. The molecule has 22 heteroatoms. The Morgan fingerprint density at radius 2 is 1.78 bits per heavy atom. The summed E-state index contributed by atoms with van der Waals surface area (Å²) in [6.45, 7) is -1.44. The average Bonchev–Trinajstić information content (AvgIpc) is 2.78. The second-order valence-electron chi connectivity index (χ2n) is 6.18. The summed E-state index contributed by atoms with van der Waals surface area (Å²) in [5.41, 5.74) is -4.79. The minimum atomic E-state index is -5.88. The molecule has 0 bridgehead atoms. The summed E-state index contributed by atoms with van der Waals surface area (Å²) in [5.74, 6) is -4.78. The summed E-state index contributed by atoms with van der Waals surface area (Å²) < 4.78 is 65.3. The van der Waals surface area contributed by atoms with E-state index in [1.165, 1.54) is 0 Å². The Bertz CT molecular complexity index is 1120. The molecule has 32 heavy (non-hydrogen) atoms. The van der Waals surface area contributed by atoms with Crippen LogP contribution in [-0.4, -0.2) is 69.4 Å². The number of hydrogen-bond donors (Lipinski definition) is 7. The molecule has 6 atom stereocenters. The Balaban J connectivity index is 2.28. The SMILES string of the molecule is O=c1ccn([C@@H]2O[C@](CCl)(COP(=O)(O)OP(=O)(O)OP(=O)(O)O)[C@@H](O)[C@]2(O)F)c(=O)[nH]1. The Kier molecular flexibility index (Phi) is 7.80. The lowest BCUT2D eigenvalue weighted by atomic mass is 9.97. The molecule has 1 saturated heterocycles. The van der Waals surface area contributed by atoms with Gasteiger partial charge in [0.05, 0.1) is 12.5 Å². The lowest BCUT2D eigenvalue weighted by molar-refractivity contribution is -0.197. The number of halogens is 2. The van der Waals surface area contributed by atoms with Crippen molar-refractivity contribution < 1.29 is 65.8 Å². The van der Waals surface area contributed by atoms with E-state index in [-0.39, 0.29) is 0 Å². The number of aliphatic hydroxyl groups excluding tert-OH is 1. The van der Waals surface area contributed by atoms with Gasteiger partial charge in [0.25, 0.3) is 11.4 Å². The molecule has 1 aliphatic rings. The van der Waals surface area contributed by atoms with E-state index in [0.717, 1.165) is 6.07 Å². The number of hydrogen-bond acceptors (Lipinski definition) is 11. The molecule has 1 aliphatic heterocycles. The van der Waals surface area contributed by atoms with E-state index in [4.69, 9.17) is 31.0 Å². The Labute approximate surface area is 180 Å². The lowest BCUT2D eigenvalue weighted by Crippen LogP contribution is -2.52. The van der Waals surface area contributed by atoms with E-state index in [2.05, 4.69) is 13.1 Å². The minimum absolute atomic E-state index is 0.309. The van der Waals surface area contributed by atoms with Crippen LogP contribution in [0.15, 0.2) is 21.9 Å². The number of aromatic amines is 1. The largest absolute Gasteiger partial charge is 0.490 e. The van der Waals surface area contributed by atoms with Crippen molar-refractivity contribution in [1.29, 1.82) is 0 Å². The van der Waals surface area contributed by atoms with Gasteiger partial charge in [-0.15, -0.1) is 11.6 Å². The molecule has 7 N–H and O–H groups in total. The van der Waals surface area contributed by atoms with Gasteiger partial charge in [0.1, 0.15) is 11.7 Å². The first-order valence-corrected chi connectivity index (χ1v) is 12.8. The van der Waals surface area contributed by atoms with Crippen molar-refractivity contribution >= 4 is 35.1 Å². The smallest absolute Gasteiger partial charge is 0.384 e. The summed E-state index contributed by atoms with van der Waals surface area (Å²) in [5, 5.41) is 20.2. The molecular formula is C10H15ClFN2O15P3. The molecule has 0 aliphatic carbocycles. The van der Waals surface area contributed by atoms with Crippen LogP contribution in [0.2, 0.25) is 0 Å². The predicted molar refractivity (Wildman–Crippen MR) is 96.8 cm³/mol. The maximum Gasteiger partial charge on any atom is 0.490 e. The normalized spacial score (nSPS) is 32.4. The van der Waals surface area contributed by atoms with Gasteiger partial charge in [-0.1, -0.05) is 0 Å². The first kappa shape index (κ1) is 27.4. The van der Waals surface area contributed by atoms with Crippen LogP contribution in [0.3, 0.4) is 0 Å². The van der Waals surface area contributed by atoms with Crippen LogP contribution in [0.4, 0.5) is 4.39 Å². The van der Waals surface area contributed by atoms with E-state index in [1.807, 2.05) is 0 Å². The third-order valence-corrected chi connectivity index (χ3v) is 8.03. The van der Waals surface area contributed by atoms with Crippen LogP contribution in [-0.2, 0) is 31.6 Å². The number of ether oxygens (including phenoxy) is 1. The van der Waals surface area contributed by atoms with Gasteiger partial charge in [-0.3, -0.25) is 18.9 Å².